The van der Waals surface area contributed by atoms with Crippen LogP contribution in [-0.2, 0) is 13.5 Å². The third-order valence-corrected chi connectivity index (χ3v) is 2.82. The number of aromatic nitrogens is 3. The summed E-state index contributed by atoms with van der Waals surface area (Å²) < 4.78 is 14.8. The maximum Gasteiger partial charge on any atom is 0.138 e. The van der Waals surface area contributed by atoms with Crippen molar-refractivity contribution in [3.63, 3.8) is 0 Å². The minimum Gasteiger partial charge on any atom is -0.324 e. The third kappa shape index (κ3) is 2.50. The summed E-state index contributed by atoms with van der Waals surface area (Å²) in [7, 11) is 1.82. The van der Waals surface area contributed by atoms with Crippen LogP contribution in [0.4, 0.5) is 4.39 Å². The second-order valence-electron chi connectivity index (χ2n) is 4.12. The van der Waals surface area contributed by atoms with Crippen LogP contribution >= 0.6 is 0 Å². The molecule has 0 radical (unpaired) electrons. The molecule has 0 fully saturated rings. The van der Waals surface area contributed by atoms with Crippen LogP contribution in [0.3, 0.4) is 0 Å². The molecule has 0 bridgehead atoms. The van der Waals surface area contributed by atoms with Crippen LogP contribution in [0.15, 0.2) is 24.5 Å². The molecule has 1 atom stereocenters. The average molecular weight is 234 g/mol. The SMILES string of the molecule is Cc1cc(C(N)Cc2ncnn2C)ccc1F. The monoisotopic (exact) mass is 234 g/mol. The number of benzene rings is 1. The lowest BCUT2D eigenvalue weighted by Crippen LogP contribution is -2.16. The van der Waals surface area contributed by atoms with Crippen molar-refractivity contribution in [3.8, 4) is 0 Å². The zero-order valence-corrected chi connectivity index (χ0v) is 9.89. The number of halogens is 1. The molecule has 1 aromatic carbocycles. The lowest BCUT2D eigenvalue weighted by molar-refractivity contribution is 0.608. The van der Waals surface area contributed by atoms with Gasteiger partial charge in [0.05, 0.1) is 0 Å². The summed E-state index contributed by atoms with van der Waals surface area (Å²) in [5, 5.41) is 3.99. The van der Waals surface area contributed by atoms with Gasteiger partial charge in [0.25, 0.3) is 0 Å². The Morgan fingerprint density at radius 1 is 1.47 bits per heavy atom. The van der Waals surface area contributed by atoms with E-state index in [4.69, 9.17) is 5.73 Å². The maximum absolute atomic E-state index is 13.1. The molecule has 0 spiro atoms. The highest BCUT2D eigenvalue weighted by Gasteiger charge is 2.11. The fraction of sp³-hybridized carbons (Fsp3) is 0.333. The minimum atomic E-state index is -0.209. The topological polar surface area (TPSA) is 56.7 Å². The van der Waals surface area contributed by atoms with Crippen LogP contribution in [0.5, 0.6) is 0 Å². The van der Waals surface area contributed by atoms with Gasteiger partial charge >= 0.3 is 0 Å². The van der Waals surface area contributed by atoms with Crippen molar-refractivity contribution in [1.29, 1.82) is 0 Å². The molecule has 0 saturated heterocycles. The molecule has 5 heteroatoms. The number of nitrogens with zero attached hydrogens (tertiary/aromatic N) is 3. The molecule has 4 nitrogen and oxygen atoms in total. The largest absolute Gasteiger partial charge is 0.324 e. The molecule has 17 heavy (non-hydrogen) atoms. The van der Waals surface area contributed by atoms with Gasteiger partial charge in [0.15, 0.2) is 0 Å². The smallest absolute Gasteiger partial charge is 0.138 e. The average Bonchev–Trinajstić information content (AvgIpc) is 2.68. The molecule has 2 N–H and O–H groups in total. The first-order valence-electron chi connectivity index (χ1n) is 5.42. The summed E-state index contributed by atoms with van der Waals surface area (Å²) in [6, 6.07) is 4.73. The van der Waals surface area contributed by atoms with E-state index in [1.165, 1.54) is 12.4 Å². The molecule has 0 saturated carbocycles. The van der Waals surface area contributed by atoms with E-state index in [0.29, 0.717) is 12.0 Å². The zero-order valence-electron chi connectivity index (χ0n) is 9.89. The second-order valence-corrected chi connectivity index (χ2v) is 4.12. The summed E-state index contributed by atoms with van der Waals surface area (Å²) in [5.74, 6) is 0.610. The fourth-order valence-electron chi connectivity index (χ4n) is 1.72. The quantitative estimate of drug-likeness (QED) is 0.875. The summed E-state index contributed by atoms with van der Waals surface area (Å²) in [4.78, 5) is 4.12. The van der Waals surface area contributed by atoms with Crippen LogP contribution in [0.25, 0.3) is 0 Å². The number of hydrogen-bond donors (Lipinski definition) is 1. The predicted octanol–water partition coefficient (Wildman–Crippen LogP) is 1.51. The van der Waals surface area contributed by atoms with E-state index in [9.17, 15) is 4.39 Å². The van der Waals surface area contributed by atoms with Crippen molar-refractivity contribution in [3.05, 3.63) is 47.3 Å². The Balaban J connectivity index is 2.17. The Hall–Kier alpha value is -1.75. The number of nitrogens with two attached hydrogens (primary N) is 1. The van der Waals surface area contributed by atoms with Crippen molar-refractivity contribution in [2.45, 2.75) is 19.4 Å². The van der Waals surface area contributed by atoms with Gasteiger partial charge in [-0.2, -0.15) is 5.10 Å². The summed E-state index contributed by atoms with van der Waals surface area (Å²) >= 11 is 0. The van der Waals surface area contributed by atoms with Crippen LogP contribution in [0.1, 0.15) is 23.0 Å². The molecule has 0 amide bonds. The predicted molar refractivity (Wildman–Crippen MR) is 62.8 cm³/mol. The zero-order chi connectivity index (χ0) is 12.4. The van der Waals surface area contributed by atoms with E-state index in [2.05, 4.69) is 10.1 Å². The summed E-state index contributed by atoms with van der Waals surface area (Å²) in [6.45, 7) is 1.73. The Morgan fingerprint density at radius 2 is 2.24 bits per heavy atom. The van der Waals surface area contributed by atoms with Crippen LogP contribution in [0.2, 0.25) is 0 Å². The summed E-state index contributed by atoms with van der Waals surface area (Å²) in [5.41, 5.74) is 7.59. The Kier molecular flexibility index (Phi) is 3.19. The normalized spacial score (nSPS) is 12.7. The molecule has 2 aromatic rings. The van der Waals surface area contributed by atoms with Gasteiger partial charge in [0, 0.05) is 19.5 Å². The van der Waals surface area contributed by atoms with E-state index >= 15 is 0 Å². The molecular weight excluding hydrogens is 219 g/mol. The van der Waals surface area contributed by atoms with Gasteiger partial charge in [-0.1, -0.05) is 12.1 Å². The first-order valence-corrected chi connectivity index (χ1v) is 5.42. The van der Waals surface area contributed by atoms with Gasteiger partial charge in [-0.05, 0) is 24.1 Å². The van der Waals surface area contributed by atoms with Crippen molar-refractivity contribution >= 4 is 0 Å². The van der Waals surface area contributed by atoms with Crippen LogP contribution in [-0.4, -0.2) is 14.8 Å². The minimum absolute atomic E-state index is 0.197. The number of aryl methyl sites for hydroxylation is 2. The molecule has 1 unspecified atom stereocenters. The molecule has 1 aromatic heterocycles. The molecule has 0 aliphatic carbocycles. The Morgan fingerprint density at radius 3 is 2.82 bits per heavy atom. The van der Waals surface area contributed by atoms with Crippen LogP contribution < -0.4 is 5.73 Å². The van der Waals surface area contributed by atoms with E-state index in [0.717, 1.165) is 11.4 Å². The van der Waals surface area contributed by atoms with Gasteiger partial charge in [-0.25, -0.2) is 9.37 Å². The standard InChI is InChI=1S/C12H15FN4/c1-8-5-9(3-4-10(8)13)11(14)6-12-15-7-16-17(12)2/h3-5,7,11H,6,14H2,1-2H3. The molecular formula is C12H15FN4. The first kappa shape index (κ1) is 11.7. The Bertz CT molecular complexity index is 521. The second kappa shape index (κ2) is 4.63. The maximum atomic E-state index is 13.1. The molecule has 2 rings (SSSR count). The first-order chi connectivity index (χ1) is 8.08. The van der Waals surface area contributed by atoms with Gasteiger partial charge in [0.2, 0.25) is 0 Å². The van der Waals surface area contributed by atoms with Crippen molar-refractivity contribution in [2.24, 2.45) is 12.8 Å². The van der Waals surface area contributed by atoms with Gasteiger partial charge in [0.1, 0.15) is 18.0 Å². The van der Waals surface area contributed by atoms with Gasteiger partial charge in [-0.3, -0.25) is 4.68 Å². The van der Waals surface area contributed by atoms with Crippen molar-refractivity contribution < 1.29 is 4.39 Å². The van der Waals surface area contributed by atoms with Crippen LogP contribution in [0, 0.1) is 12.7 Å². The fourth-order valence-corrected chi connectivity index (χ4v) is 1.72. The molecule has 1 heterocycles. The highest BCUT2D eigenvalue weighted by molar-refractivity contribution is 5.26. The lowest BCUT2D eigenvalue weighted by Gasteiger charge is -2.12. The number of hydrogen-bond acceptors (Lipinski definition) is 3. The van der Waals surface area contributed by atoms with Gasteiger partial charge < -0.3 is 5.73 Å². The van der Waals surface area contributed by atoms with E-state index < -0.39 is 0 Å². The van der Waals surface area contributed by atoms with Gasteiger partial charge in [-0.15, -0.1) is 0 Å². The van der Waals surface area contributed by atoms with E-state index in [1.54, 1.807) is 23.7 Å². The molecule has 0 aliphatic rings. The van der Waals surface area contributed by atoms with Crippen molar-refractivity contribution in [2.75, 3.05) is 0 Å². The molecule has 90 valence electrons. The summed E-state index contributed by atoms with van der Waals surface area (Å²) in [6.07, 6.45) is 2.08. The van der Waals surface area contributed by atoms with Crippen molar-refractivity contribution in [1.82, 2.24) is 14.8 Å². The highest BCUT2D eigenvalue weighted by Crippen LogP contribution is 2.17. The van der Waals surface area contributed by atoms with E-state index in [1.807, 2.05) is 7.05 Å². The lowest BCUT2D eigenvalue weighted by atomic mass is 10.0. The third-order valence-electron chi connectivity index (χ3n) is 2.82. The highest BCUT2D eigenvalue weighted by atomic mass is 19.1. The number of rotatable bonds is 3. The Labute approximate surface area is 99.3 Å². The molecule has 0 aliphatic heterocycles. The van der Waals surface area contributed by atoms with E-state index in [-0.39, 0.29) is 11.9 Å².